The Morgan fingerprint density at radius 2 is 1.76 bits per heavy atom. The van der Waals surface area contributed by atoms with Gasteiger partial charge < -0.3 is 10.1 Å². The van der Waals surface area contributed by atoms with E-state index in [-0.39, 0.29) is 10.8 Å². The fourth-order valence-corrected chi connectivity index (χ4v) is 3.17. The zero-order valence-corrected chi connectivity index (χ0v) is 15.6. The molecule has 25 heavy (non-hydrogen) atoms. The van der Waals surface area contributed by atoms with Gasteiger partial charge in [-0.05, 0) is 42.3 Å². The molecule has 0 saturated heterocycles. The Balaban J connectivity index is 2.35. The minimum atomic E-state index is -3.61. The Morgan fingerprint density at radius 3 is 2.28 bits per heavy atom. The van der Waals surface area contributed by atoms with Crippen molar-refractivity contribution in [2.45, 2.75) is 18.2 Å². The first kappa shape index (κ1) is 19.0. The summed E-state index contributed by atoms with van der Waals surface area (Å²) in [4.78, 5) is 12.5. The van der Waals surface area contributed by atoms with E-state index in [4.69, 9.17) is 4.74 Å². The van der Waals surface area contributed by atoms with Crippen molar-refractivity contribution < 1.29 is 17.9 Å². The largest absolute Gasteiger partial charge is 0.495 e. The van der Waals surface area contributed by atoms with Crippen molar-refractivity contribution in [2.24, 2.45) is 0 Å². The molecule has 0 spiro atoms. The van der Waals surface area contributed by atoms with Gasteiger partial charge in [0.15, 0.2) is 0 Å². The van der Waals surface area contributed by atoms with Crippen molar-refractivity contribution in [2.75, 3.05) is 26.5 Å². The van der Waals surface area contributed by atoms with Crippen molar-refractivity contribution >= 4 is 21.6 Å². The standard InChI is InChI=1S/C18H22N2O4S/c1-5-13-6-8-14(9-7-13)18(21)19-16-12-15(10-11-17(16)24-4)25(22,23)20(2)3/h6-12H,5H2,1-4H3,(H,19,21). The molecule has 0 atom stereocenters. The third-order valence-corrected chi connectivity index (χ3v) is 5.63. The minimum absolute atomic E-state index is 0.0786. The maximum Gasteiger partial charge on any atom is 0.255 e. The number of amides is 1. The van der Waals surface area contributed by atoms with E-state index in [1.807, 2.05) is 19.1 Å². The highest BCUT2D eigenvalue weighted by Gasteiger charge is 2.20. The van der Waals surface area contributed by atoms with Gasteiger partial charge in [0.25, 0.3) is 5.91 Å². The number of sulfonamides is 1. The van der Waals surface area contributed by atoms with Gasteiger partial charge in [-0.3, -0.25) is 4.79 Å². The van der Waals surface area contributed by atoms with Gasteiger partial charge >= 0.3 is 0 Å². The number of rotatable bonds is 6. The number of aryl methyl sites for hydroxylation is 1. The van der Waals surface area contributed by atoms with Gasteiger partial charge in [0.2, 0.25) is 10.0 Å². The van der Waals surface area contributed by atoms with Crippen molar-refractivity contribution in [3.63, 3.8) is 0 Å². The summed E-state index contributed by atoms with van der Waals surface area (Å²) < 4.78 is 30.9. The molecule has 0 aliphatic heterocycles. The maximum atomic E-state index is 12.5. The van der Waals surface area contributed by atoms with Crippen LogP contribution in [0.3, 0.4) is 0 Å². The van der Waals surface area contributed by atoms with E-state index in [0.717, 1.165) is 16.3 Å². The van der Waals surface area contributed by atoms with E-state index in [2.05, 4.69) is 5.32 Å². The van der Waals surface area contributed by atoms with Crippen LogP contribution in [0.5, 0.6) is 5.75 Å². The smallest absolute Gasteiger partial charge is 0.255 e. The second-order valence-electron chi connectivity index (χ2n) is 5.65. The third-order valence-electron chi connectivity index (χ3n) is 3.82. The Kier molecular flexibility index (Phi) is 5.81. The summed E-state index contributed by atoms with van der Waals surface area (Å²) in [6.07, 6.45) is 0.889. The quantitative estimate of drug-likeness (QED) is 0.857. The van der Waals surface area contributed by atoms with Crippen LogP contribution in [0.15, 0.2) is 47.4 Å². The van der Waals surface area contributed by atoms with Gasteiger partial charge in [-0.15, -0.1) is 0 Å². The van der Waals surface area contributed by atoms with Crippen LogP contribution >= 0.6 is 0 Å². The zero-order chi connectivity index (χ0) is 18.6. The summed E-state index contributed by atoms with van der Waals surface area (Å²) in [5.74, 6) is 0.0524. The Hall–Kier alpha value is -2.38. The van der Waals surface area contributed by atoms with Crippen LogP contribution in [0.4, 0.5) is 5.69 Å². The van der Waals surface area contributed by atoms with E-state index in [9.17, 15) is 13.2 Å². The predicted molar refractivity (Wildman–Crippen MR) is 97.6 cm³/mol. The van der Waals surface area contributed by atoms with Gasteiger partial charge in [-0.1, -0.05) is 19.1 Å². The summed E-state index contributed by atoms with van der Waals surface area (Å²) in [7, 11) is 0.755. The van der Waals surface area contributed by atoms with Crippen LogP contribution < -0.4 is 10.1 Å². The van der Waals surface area contributed by atoms with Crippen molar-refractivity contribution in [3.8, 4) is 5.75 Å². The number of methoxy groups -OCH3 is 1. The van der Waals surface area contributed by atoms with Crippen molar-refractivity contribution in [1.82, 2.24) is 4.31 Å². The SMILES string of the molecule is CCc1ccc(C(=O)Nc2cc(S(=O)(=O)N(C)C)ccc2OC)cc1. The normalized spacial score (nSPS) is 11.4. The van der Waals surface area contributed by atoms with Crippen molar-refractivity contribution in [3.05, 3.63) is 53.6 Å². The first-order valence-electron chi connectivity index (χ1n) is 7.80. The molecule has 0 aliphatic carbocycles. The van der Waals surface area contributed by atoms with Crippen LogP contribution in [0, 0.1) is 0 Å². The number of hydrogen-bond acceptors (Lipinski definition) is 4. The van der Waals surface area contributed by atoms with Crippen LogP contribution in [-0.2, 0) is 16.4 Å². The Morgan fingerprint density at radius 1 is 1.12 bits per heavy atom. The number of benzene rings is 2. The van der Waals surface area contributed by atoms with E-state index in [1.54, 1.807) is 12.1 Å². The van der Waals surface area contributed by atoms with Gasteiger partial charge in [0.05, 0.1) is 17.7 Å². The van der Waals surface area contributed by atoms with E-state index in [1.165, 1.54) is 39.4 Å². The molecule has 0 aromatic heterocycles. The van der Waals surface area contributed by atoms with E-state index < -0.39 is 10.0 Å². The molecule has 0 radical (unpaired) electrons. The fourth-order valence-electron chi connectivity index (χ4n) is 2.24. The lowest BCUT2D eigenvalue weighted by Gasteiger charge is -2.15. The lowest BCUT2D eigenvalue weighted by molar-refractivity contribution is 0.102. The first-order chi connectivity index (χ1) is 11.8. The molecule has 0 heterocycles. The summed E-state index contributed by atoms with van der Waals surface area (Å²) in [5.41, 5.74) is 1.92. The molecular formula is C18H22N2O4S. The number of nitrogens with one attached hydrogen (secondary N) is 1. The number of anilines is 1. The minimum Gasteiger partial charge on any atom is -0.495 e. The Bertz CT molecular complexity index is 859. The monoisotopic (exact) mass is 362 g/mol. The van der Waals surface area contributed by atoms with Crippen molar-refractivity contribution in [1.29, 1.82) is 0 Å². The summed E-state index contributed by atoms with van der Waals surface area (Å²) >= 11 is 0. The molecular weight excluding hydrogens is 340 g/mol. The predicted octanol–water partition coefficient (Wildman–Crippen LogP) is 2.76. The molecule has 0 saturated carbocycles. The maximum absolute atomic E-state index is 12.5. The van der Waals surface area contributed by atoms with Crippen LogP contribution in [0.25, 0.3) is 0 Å². The average molecular weight is 362 g/mol. The molecule has 0 bridgehead atoms. The van der Waals surface area contributed by atoms with Crippen LogP contribution in [0.1, 0.15) is 22.8 Å². The first-order valence-corrected chi connectivity index (χ1v) is 9.24. The van der Waals surface area contributed by atoms with Gasteiger partial charge in [0.1, 0.15) is 5.75 Å². The number of carbonyl (C=O) groups is 1. The lowest BCUT2D eigenvalue weighted by atomic mass is 10.1. The molecule has 2 aromatic rings. The molecule has 2 rings (SSSR count). The molecule has 0 aliphatic rings. The highest BCUT2D eigenvalue weighted by atomic mass is 32.2. The number of carbonyl (C=O) groups excluding carboxylic acids is 1. The van der Waals surface area contributed by atoms with Crippen LogP contribution in [-0.4, -0.2) is 39.8 Å². The molecule has 0 fully saturated rings. The highest BCUT2D eigenvalue weighted by Crippen LogP contribution is 2.29. The zero-order valence-electron chi connectivity index (χ0n) is 14.7. The van der Waals surface area contributed by atoms with Crippen LogP contribution in [0.2, 0.25) is 0 Å². The summed E-state index contributed by atoms with van der Waals surface area (Å²) in [6.45, 7) is 2.04. The third kappa shape index (κ3) is 4.18. The molecule has 1 amide bonds. The second kappa shape index (κ2) is 7.67. The molecule has 7 heteroatoms. The Labute approximate surface area is 148 Å². The van der Waals surface area contributed by atoms with Gasteiger partial charge in [-0.2, -0.15) is 0 Å². The molecule has 0 unspecified atom stereocenters. The van der Waals surface area contributed by atoms with Gasteiger partial charge in [0, 0.05) is 19.7 Å². The topological polar surface area (TPSA) is 75.7 Å². The number of ether oxygens (including phenoxy) is 1. The lowest BCUT2D eigenvalue weighted by Crippen LogP contribution is -2.22. The van der Waals surface area contributed by atoms with E-state index >= 15 is 0 Å². The molecule has 1 N–H and O–H groups in total. The second-order valence-corrected chi connectivity index (χ2v) is 7.81. The van der Waals surface area contributed by atoms with Gasteiger partial charge in [-0.25, -0.2) is 12.7 Å². The summed E-state index contributed by atoms with van der Waals surface area (Å²) in [6, 6.07) is 11.6. The molecule has 134 valence electrons. The average Bonchev–Trinajstić information content (AvgIpc) is 2.61. The molecule has 6 nitrogen and oxygen atoms in total. The number of hydrogen-bond donors (Lipinski definition) is 1. The highest BCUT2D eigenvalue weighted by molar-refractivity contribution is 7.89. The summed E-state index contributed by atoms with van der Waals surface area (Å²) in [5, 5.41) is 2.72. The number of nitrogens with zero attached hydrogens (tertiary/aromatic N) is 1. The fraction of sp³-hybridized carbons (Fsp3) is 0.278. The molecule has 2 aromatic carbocycles. The van der Waals surface area contributed by atoms with E-state index in [0.29, 0.717) is 17.0 Å².